The Bertz CT molecular complexity index is 1140. The third-order valence-electron chi connectivity index (χ3n) is 4.72. The number of hydrogen-bond donors (Lipinski definition) is 2. The van der Waals surface area contributed by atoms with E-state index in [0.717, 1.165) is 33.2 Å². The predicted molar refractivity (Wildman–Crippen MR) is 105 cm³/mol. The van der Waals surface area contributed by atoms with Gasteiger partial charge in [0.25, 0.3) is 0 Å². The van der Waals surface area contributed by atoms with Crippen LogP contribution in [-0.2, 0) is 12.2 Å². The minimum Gasteiger partial charge on any atom is -0.497 e. The first-order valence-electron chi connectivity index (χ1n) is 8.48. The van der Waals surface area contributed by atoms with E-state index < -0.39 is 19.6 Å². The van der Waals surface area contributed by atoms with E-state index in [4.69, 9.17) is 14.5 Å². The molecule has 8 heteroatoms. The van der Waals surface area contributed by atoms with Crippen LogP contribution in [0.4, 0.5) is 8.78 Å². The Morgan fingerprint density at radius 1 is 1.07 bits per heavy atom. The Balaban J connectivity index is 1.77. The summed E-state index contributed by atoms with van der Waals surface area (Å²) in [4.78, 5) is 22.4. The smallest absolute Gasteiger partial charge is 0.339 e. The predicted octanol–water partition coefficient (Wildman–Crippen LogP) is 4.59. The number of halogens is 2. The lowest BCUT2D eigenvalue weighted by molar-refractivity contribution is 0.0732. The van der Waals surface area contributed by atoms with Gasteiger partial charge in [-0.2, -0.15) is 8.78 Å². The van der Waals surface area contributed by atoms with Gasteiger partial charge in [-0.25, -0.2) is 0 Å². The normalized spacial score (nSPS) is 12.2. The summed E-state index contributed by atoms with van der Waals surface area (Å²) < 4.78 is 34.9. The second kappa shape index (κ2) is 7.09. The molecule has 0 saturated heterocycles. The topological polar surface area (TPSA) is 67.5 Å². The van der Waals surface area contributed by atoms with Crippen LogP contribution in [0.2, 0.25) is 0 Å². The maximum atomic E-state index is 13.8. The molecule has 0 bridgehead atoms. The van der Waals surface area contributed by atoms with Crippen molar-refractivity contribution >= 4 is 30.3 Å². The number of benzene rings is 2. The molecule has 0 radical (unpaired) electrons. The molecular formula is C20H17F2N2O3P. The van der Waals surface area contributed by atoms with Crippen LogP contribution in [-0.4, -0.2) is 26.4 Å². The highest BCUT2D eigenvalue weighted by Gasteiger charge is 2.40. The fourth-order valence-electron chi connectivity index (χ4n) is 3.30. The highest BCUT2D eigenvalue weighted by atomic mass is 31.2. The number of hydrogen-bond acceptors (Lipinski definition) is 4. The van der Waals surface area contributed by atoms with Crippen LogP contribution in [0.25, 0.3) is 21.9 Å². The average molecular weight is 402 g/mol. The Morgan fingerprint density at radius 2 is 1.82 bits per heavy atom. The van der Waals surface area contributed by atoms with Crippen molar-refractivity contribution in [2.24, 2.45) is 0 Å². The summed E-state index contributed by atoms with van der Waals surface area (Å²) in [6.07, 6.45) is 1.73. The summed E-state index contributed by atoms with van der Waals surface area (Å²) >= 11 is 0. The number of nitrogens with zero attached hydrogens (tertiary/aromatic N) is 2. The third kappa shape index (κ3) is 3.11. The molecule has 5 nitrogen and oxygen atoms in total. The SMILES string of the molecule is COc1ccc2c(c1)c1ncccc1n2Cc1ccc(C(F)(F)P(O)O)cc1. The average Bonchev–Trinajstić information content (AvgIpc) is 3.01. The molecule has 28 heavy (non-hydrogen) atoms. The summed E-state index contributed by atoms with van der Waals surface area (Å²) in [5.74, 6) is 0.730. The van der Waals surface area contributed by atoms with Gasteiger partial charge in [-0.05, 0) is 35.9 Å². The van der Waals surface area contributed by atoms with Gasteiger partial charge in [0.1, 0.15) is 5.75 Å². The molecule has 0 aliphatic carbocycles. The Kier molecular flexibility index (Phi) is 4.75. The van der Waals surface area contributed by atoms with Crippen LogP contribution in [0.3, 0.4) is 0 Å². The highest BCUT2D eigenvalue weighted by molar-refractivity contribution is 7.46. The molecule has 144 valence electrons. The maximum absolute atomic E-state index is 13.8. The first-order valence-corrected chi connectivity index (χ1v) is 9.72. The van der Waals surface area contributed by atoms with Crippen LogP contribution in [0, 0.1) is 0 Å². The van der Waals surface area contributed by atoms with E-state index >= 15 is 0 Å². The number of ether oxygens (including phenoxy) is 1. The number of aromatic nitrogens is 2. The summed E-state index contributed by atoms with van der Waals surface area (Å²) in [6, 6.07) is 15.1. The van der Waals surface area contributed by atoms with E-state index in [1.807, 2.05) is 30.3 Å². The van der Waals surface area contributed by atoms with E-state index in [1.165, 1.54) is 12.1 Å². The molecule has 2 heterocycles. The molecule has 0 atom stereocenters. The van der Waals surface area contributed by atoms with E-state index in [-0.39, 0.29) is 0 Å². The lowest BCUT2D eigenvalue weighted by Crippen LogP contribution is -2.10. The zero-order chi connectivity index (χ0) is 19.9. The molecule has 0 fully saturated rings. The lowest BCUT2D eigenvalue weighted by Gasteiger charge is -2.17. The zero-order valence-corrected chi connectivity index (χ0v) is 15.8. The molecule has 2 aromatic heterocycles. The molecule has 4 rings (SSSR count). The zero-order valence-electron chi connectivity index (χ0n) is 14.9. The first-order chi connectivity index (χ1) is 13.4. The summed E-state index contributed by atoms with van der Waals surface area (Å²) in [5, 5.41) is 0.948. The van der Waals surface area contributed by atoms with Gasteiger partial charge in [-0.3, -0.25) is 4.98 Å². The van der Waals surface area contributed by atoms with Crippen molar-refractivity contribution in [3.63, 3.8) is 0 Å². The fraction of sp³-hybridized carbons (Fsp3) is 0.150. The first kappa shape index (κ1) is 18.7. The second-order valence-corrected chi connectivity index (χ2v) is 7.51. The summed E-state index contributed by atoms with van der Waals surface area (Å²) in [7, 11) is -1.77. The Labute approximate surface area is 160 Å². The van der Waals surface area contributed by atoms with Crippen molar-refractivity contribution in [1.82, 2.24) is 9.55 Å². The largest absolute Gasteiger partial charge is 0.497 e. The molecule has 4 aromatic rings. The molecular weight excluding hydrogens is 385 g/mol. The van der Waals surface area contributed by atoms with E-state index in [9.17, 15) is 8.78 Å². The fourth-order valence-corrected chi connectivity index (χ4v) is 3.68. The van der Waals surface area contributed by atoms with Crippen molar-refractivity contribution in [1.29, 1.82) is 0 Å². The standard InChI is InChI=1S/C20H17F2N2O3P/c1-27-15-8-9-17-16(11-15)19-18(3-2-10-23-19)24(17)12-13-4-6-14(7-5-13)20(21,22)28(25)26/h2-11,25-26H,12H2,1H3. The van der Waals surface area contributed by atoms with Gasteiger partial charge in [-0.1, -0.05) is 24.3 Å². The molecule has 0 amide bonds. The number of rotatable bonds is 5. The molecule has 0 spiro atoms. The summed E-state index contributed by atoms with van der Waals surface area (Å²) in [6.45, 7) is 0.455. The number of pyridine rings is 1. The maximum Gasteiger partial charge on any atom is 0.339 e. The van der Waals surface area contributed by atoms with Crippen molar-refractivity contribution in [3.8, 4) is 5.75 Å². The van der Waals surface area contributed by atoms with E-state index in [1.54, 1.807) is 25.4 Å². The third-order valence-corrected chi connectivity index (χ3v) is 5.48. The van der Waals surface area contributed by atoms with Gasteiger partial charge in [0.2, 0.25) is 8.38 Å². The van der Waals surface area contributed by atoms with Gasteiger partial charge in [0.05, 0.1) is 23.7 Å². The minimum absolute atomic E-state index is 0.416. The Morgan fingerprint density at radius 3 is 2.50 bits per heavy atom. The number of fused-ring (bicyclic) bond motifs is 3. The van der Waals surface area contributed by atoms with Crippen LogP contribution < -0.4 is 4.74 Å². The molecule has 0 unspecified atom stereocenters. The molecule has 2 aromatic carbocycles. The van der Waals surface area contributed by atoms with Crippen LogP contribution in [0.15, 0.2) is 60.8 Å². The van der Waals surface area contributed by atoms with Gasteiger partial charge >= 0.3 is 5.66 Å². The molecule has 0 aliphatic rings. The van der Waals surface area contributed by atoms with E-state index in [0.29, 0.717) is 6.54 Å². The Hall–Kier alpha value is -2.60. The van der Waals surface area contributed by atoms with E-state index in [2.05, 4.69) is 9.55 Å². The van der Waals surface area contributed by atoms with Crippen LogP contribution in [0.5, 0.6) is 5.75 Å². The van der Waals surface area contributed by atoms with Gasteiger partial charge < -0.3 is 19.1 Å². The van der Waals surface area contributed by atoms with Gasteiger partial charge in [-0.15, -0.1) is 0 Å². The monoisotopic (exact) mass is 402 g/mol. The quantitative estimate of drug-likeness (QED) is 0.479. The molecule has 2 N–H and O–H groups in total. The number of alkyl halides is 2. The van der Waals surface area contributed by atoms with Crippen LogP contribution in [0.1, 0.15) is 11.1 Å². The summed E-state index contributed by atoms with van der Waals surface area (Å²) in [5.41, 5.74) is -0.543. The van der Waals surface area contributed by atoms with Crippen molar-refractivity contribution in [2.75, 3.05) is 7.11 Å². The highest BCUT2D eigenvalue weighted by Crippen LogP contribution is 2.52. The number of methoxy groups -OCH3 is 1. The van der Waals surface area contributed by atoms with Crippen molar-refractivity contribution in [3.05, 3.63) is 71.9 Å². The second-order valence-electron chi connectivity index (χ2n) is 6.37. The lowest BCUT2D eigenvalue weighted by atomic mass is 10.1. The minimum atomic E-state index is -3.65. The van der Waals surface area contributed by atoms with Crippen LogP contribution >= 0.6 is 8.38 Å². The van der Waals surface area contributed by atoms with Crippen molar-refractivity contribution < 1.29 is 23.3 Å². The molecule has 0 aliphatic heterocycles. The molecule has 0 saturated carbocycles. The van der Waals surface area contributed by atoms with Crippen molar-refractivity contribution in [2.45, 2.75) is 12.2 Å². The van der Waals surface area contributed by atoms with Gasteiger partial charge in [0.15, 0.2) is 0 Å². The van der Waals surface area contributed by atoms with Gasteiger partial charge in [0, 0.05) is 23.7 Å².